The molecule has 0 aromatic rings. The fourth-order valence-corrected chi connectivity index (χ4v) is 4.33. The second-order valence-electron chi connectivity index (χ2n) is 4.74. The Labute approximate surface area is 98.3 Å². The second kappa shape index (κ2) is 5.53. The Bertz CT molecular complexity index is 279. The van der Waals surface area contributed by atoms with Gasteiger partial charge in [0.25, 0.3) is 0 Å². The number of rotatable bonds is 6. The number of hydrogen-bond acceptors (Lipinski definition) is 2. The number of sulfone groups is 1. The van der Waals surface area contributed by atoms with E-state index in [1.807, 2.05) is 6.92 Å². The van der Waals surface area contributed by atoms with E-state index in [0.29, 0.717) is 17.4 Å². The first-order valence-electron chi connectivity index (χ1n) is 5.80. The van der Waals surface area contributed by atoms with Crippen LogP contribution in [0.15, 0.2) is 0 Å². The first-order chi connectivity index (χ1) is 7.04. The third kappa shape index (κ3) is 3.95. The highest BCUT2D eigenvalue weighted by Crippen LogP contribution is 2.42. The Morgan fingerprint density at radius 3 is 2.27 bits per heavy atom. The molecule has 0 aliphatic heterocycles. The van der Waals surface area contributed by atoms with Crippen molar-refractivity contribution < 1.29 is 8.42 Å². The molecule has 0 aromatic carbocycles. The van der Waals surface area contributed by atoms with Gasteiger partial charge in [0, 0.05) is 11.6 Å². The van der Waals surface area contributed by atoms with E-state index in [2.05, 4.69) is 0 Å². The summed E-state index contributed by atoms with van der Waals surface area (Å²) in [6.07, 6.45) is 6.12. The quantitative estimate of drug-likeness (QED) is 0.681. The van der Waals surface area contributed by atoms with Gasteiger partial charge in [0.05, 0.1) is 5.75 Å². The molecule has 1 rings (SSSR count). The van der Waals surface area contributed by atoms with Crippen LogP contribution in [-0.4, -0.2) is 25.8 Å². The zero-order valence-electron chi connectivity index (χ0n) is 9.47. The van der Waals surface area contributed by atoms with E-state index < -0.39 is 9.84 Å². The molecule has 0 aromatic heterocycles. The lowest BCUT2D eigenvalue weighted by atomic mass is 9.86. The molecule has 0 radical (unpaired) electrons. The molecule has 1 aliphatic carbocycles. The minimum absolute atomic E-state index is 0.127. The third-order valence-electron chi connectivity index (χ3n) is 3.41. The van der Waals surface area contributed by atoms with Gasteiger partial charge in [-0.2, -0.15) is 0 Å². The van der Waals surface area contributed by atoms with Gasteiger partial charge in [-0.3, -0.25) is 0 Å². The molecule has 4 heteroatoms. The van der Waals surface area contributed by atoms with Crippen molar-refractivity contribution in [3.05, 3.63) is 0 Å². The maximum Gasteiger partial charge on any atom is 0.150 e. The molecule has 0 N–H and O–H groups in total. The lowest BCUT2D eigenvalue weighted by molar-refractivity contribution is 0.330. The Balaban J connectivity index is 2.47. The summed E-state index contributed by atoms with van der Waals surface area (Å²) >= 11 is 5.98. The van der Waals surface area contributed by atoms with Crippen LogP contribution in [0, 0.1) is 5.41 Å². The fourth-order valence-electron chi connectivity index (χ4n) is 2.36. The van der Waals surface area contributed by atoms with Crippen LogP contribution in [0.25, 0.3) is 0 Å². The fraction of sp³-hybridized carbons (Fsp3) is 1.00. The largest absolute Gasteiger partial charge is 0.229 e. The molecule has 0 atom stereocenters. The Kier molecular flexibility index (Phi) is 4.91. The molecule has 0 unspecified atom stereocenters. The lowest BCUT2D eigenvalue weighted by Crippen LogP contribution is -2.24. The van der Waals surface area contributed by atoms with Crippen molar-refractivity contribution in [2.24, 2.45) is 5.41 Å². The van der Waals surface area contributed by atoms with E-state index in [1.54, 1.807) is 0 Å². The predicted octanol–water partition coefficient (Wildman–Crippen LogP) is 3.00. The van der Waals surface area contributed by atoms with E-state index in [4.69, 9.17) is 11.6 Å². The van der Waals surface area contributed by atoms with Crippen LogP contribution < -0.4 is 0 Å². The smallest absolute Gasteiger partial charge is 0.150 e. The van der Waals surface area contributed by atoms with Gasteiger partial charge in [0.1, 0.15) is 9.84 Å². The highest BCUT2D eigenvalue weighted by molar-refractivity contribution is 7.91. The molecule has 1 fully saturated rings. The molecule has 1 aliphatic rings. The minimum atomic E-state index is -2.83. The van der Waals surface area contributed by atoms with Crippen LogP contribution >= 0.6 is 11.6 Å². The van der Waals surface area contributed by atoms with Gasteiger partial charge in [0.2, 0.25) is 0 Å². The summed E-state index contributed by atoms with van der Waals surface area (Å²) < 4.78 is 23.2. The molecule has 0 spiro atoms. The minimum Gasteiger partial charge on any atom is -0.229 e. The van der Waals surface area contributed by atoms with E-state index in [9.17, 15) is 8.42 Å². The van der Waals surface area contributed by atoms with Crippen LogP contribution in [0.5, 0.6) is 0 Å². The maximum absolute atomic E-state index is 11.6. The molecule has 0 saturated heterocycles. The SMILES string of the molecule is CCCS(=O)(=O)CCC1(CCl)CCCC1. The molecule has 15 heavy (non-hydrogen) atoms. The van der Waals surface area contributed by atoms with E-state index in [0.717, 1.165) is 25.7 Å². The number of halogens is 1. The number of alkyl halides is 1. The van der Waals surface area contributed by atoms with Crippen molar-refractivity contribution >= 4 is 21.4 Å². The lowest BCUT2D eigenvalue weighted by Gasteiger charge is -2.25. The summed E-state index contributed by atoms with van der Waals surface area (Å²) in [5.74, 6) is 1.27. The van der Waals surface area contributed by atoms with Gasteiger partial charge >= 0.3 is 0 Å². The highest BCUT2D eigenvalue weighted by Gasteiger charge is 2.33. The van der Waals surface area contributed by atoms with Crippen molar-refractivity contribution in [3.63, 3.8) is 0 Å². The number of hydrogen-bond donors (Lipinski definition) is 0. The van der Waals surface area contributed by atoms with Crippen LogP contribution in [0.3, 0.4) is 0 Å². The van der Waals surface area contributed by atoms with Gasteiger partial charge in [-0.1, -0.05) is 19.8 Å². The maximum atomic E-state index is 11.6. The zero-order chi connectivity index (χ0) is 11.4. The molecule has 0 bridgehead atoms. The van der Waals surface area contributed by atoms with Crippen molar-refractivity contribution in [3.8, 4) is 0 Å². The monoisotopic (exact) mass is 252 g/mol. The summed E-state index contributed by atoms with van der Waals surface area (Å²) in [6.45, 7) is 1.91. The Hall–Kier alpha value is 0.240. The molecule has 0 amide bonds. The molecular formula is C11H21ClO2S. The van der Waals surface area contributed by atoms with E-state index in [-0.39, 0.29) is 5.41 Å². The Morgan fingerprint density at radius 1 is 1.20 bits per heavy atom. The third-order valence-corrected chi connectivity index (χ3v) is 5.83. The molecule has 90 valence electrons. The second-order valence-corrected chi connectivity index (χ2v) is 7.31. The van der Waals surface area contributed by atoms with Gasteiger partial charge in [-0.15, -0.1) is 11.6 Å². The van der Waals surface area contributed by atoms with E-state index in [1.165, 1.54) is 12.8 Å². The molecule has 0 heterocycles. The molecule has 1 saturated carbocycles. The predicted molar refractivity (Wildman–Crippen MR) is 65.2 cm³/mol. The summed E-state index contributed by atoms with van der Waals surface area (Å²) in [4.78, 5) is 0. The first-order valence-corrected chi connectivity index (χ1v) is 8.16. The van der Waals surface area contributed by atoms with Crippen LogP contribution in [0.1, 0.15) is 45.4 Å². The van der Waals surface area contributed by atoms with Crippen molar-refractivity contribution in [2.75, 3.05) is 17.4 Å². The van der Waals surface area contributed by atoms with Crippen molar-refractivity contribution in [1.82, 2.24) is 0 Å². The average molecular weight is 253 g/mol. The van der Waals surface area contributed by atoms with Gasteiger partial charge in [0.15, 0.2) is 0 Å². The van der Waals surface area contributed by atoms with Crippen LogP contribution in [0.4, 0.5) is 0 Å². The highest BCUT2D eigenvalue weighted by atomic mass is 35.5. The van der Waals surface area contributed by atoms with E-state index >= 15 is 0 Å². The van der Waals surface area contributed by atoms with Gasteiger partial charge in [-0.05, 0) is 31.1 Å². The van der Waals surface area contributed by atoms with Crippen molar-refractivity contribution in [2.45, 2.75) is 45.4 Å². The van der Waals surface area contributed by atoms with Crippen molar-refractivity contribution in [1.29, 1.82) is 0 Å². The topological polar surface area (TPSA) is 34.1 Å². The molecular weight excluding hydrogens is 232 g/mol. The average Bonchev–Trinajstić information content (AvgIpc) is 2.64. The standard InChI is InChI=1S/C11H21ClO2S/c1-2-8-15(13,14)9-7-11(10-12)5-3-4-6-11/h2-10H2,1H3. The first kappa shape index (κ1) is 13.3. The summed E-state index contributed by atoms with van der Waals surface area (Å²) in [5.41, 5.74) is 0.127. The summed E-state index contributed by atoms with van der Waals surface area (Å²) in [6, 6.07) is 0. The summed E-state index contributed by atoms with van der Waals surface area (Å²) in [5, 5.41) is 0. The zero-order valence-corrected chi connectivity index (χ0v) is 11.0. The normalized spacial score (nSPS) is 20.7. The van der Waals surface area contributed by atoms with Crippen LogP contribution in [-0.2, 0) is 9.84 Å². The Morgan fingerprint density at radius 2 is 1.80 bits per heavy atom. The van der Waals surface area contributed by atoms with Gasteiger partial charge in [-0.25, -0.2) is 8.42 Å². The van der Waals surface area contributed by atoms with Gasteiger partial charge < -0.3 is 0 Å². The molecule has 2 nitrogen and oxygen atoms in total. The summed E-state index contributed by atoms with van der Waals surface area (Å²) in [7, 11) is -2.83. The van der Waals surface area contributed by atoms with Crippen LogP contribution in [0.2, 0.25) is 0 Å².